The number of rotatable bonds is 8. The van der Waals surface area contributed by atoms with Crippen LogP contribution in [0.3, 0.4) is 0 Å². The number of esters is 1. The monoisotopic (exact) mass is 345 g/mol. The highest BCUT2D eigenvalue weighted by atomic mass is 19.4. The molecule has 1 aliphatic rings. The molecule has 1 aromatic rings. The van der Waals surface area contributed by atoms with Gasteiger partial charge >= 0.3 is 12.3 Å². The van der Waals surface area contributed by atoms with Crippen molar-refractivity contribution in [3.8, 4) is 5.75 Å². The van der Waals surface area contributed by atoms with Gasteiger partial charge in [-0.25, -0.2) is 0 Å². The zero-order chi connectivity index (χ0) is 17.8. The first kappa shape index (κ1) is 18.6. The first-order valence-electron chi connectivity index (χ1n) is 7.96. The van der Waals surface area contributed by atoms with Gasteiger partial charge in [-0.15, -0.1) is 13.2 Å². The summed E-state index contributed by atoms with van der Waals surface area (Å²) in [6.45, 7) is 2.79. The fourth-order valence-electron chi connectivity index (χ4n) is 2.66. The number of hydrogen-bond acceptors (Lipinski definition) is 4. The van der Waals surface area contributed by atoms with Gasteiger partial charge in [-0.2, -0.15) is 0 Å². The standard InChI is InChI=1S/C17H22F3NO3/c1-3-9-23-15(22)11-16(7-8-16)21(2)12-13-5-4-6-14(10-13)24-17(18,19)20/h4-6,10H,3,7-9,11-12H2,1-2H3. The molecule has 0 bridgehead atoms. The Labute approximate surface area is 139 Å². The molecule has 0 aliphatic heterocycles. The molecular weight excluding hydrogens is 323 g/mol. The molecular formula is C17H22F3NO3. The highest BCUT2D eigenvalue weighted by molar-refractivity contribution is 5.71. The van der Waals surface area contributed by atoms with E-state index in [1.807, 2.05) is 18.9 Å². The van der Waals surface area contributed by atoms with Gasteiger partial charge in [0.2, 0.25) is 0 Å². The molecule has 0 spiro atoms. The zero-order valence-electron chi connectivity index (χ0n) is 13.9. The van der Waals surface area contributed by atoms with Crippen molar-refractivity contribution in [1.29, 1.82) is 0 Å². The molecule has 0 amide bonds. The van der Waals surface area contributed by atoms with Gasteiger partial charge < -0.3 is 9.47 Å². The van der Waals surface area contributed by atoms with Crippen molar-refractivity contribution in [2.45, 2.75) is 51.1 Å². The maximum Gasteiger partial charge on any atom is 0.573 e. The summed E-state index contributed by atoms with van der Waals surface area (Å²) < 4.78 is 46.0. The van der Waals surface area contributed by atoms with Crippen LogP contribution in [0, 0.1) is 0 Å². The van der Waals surface area contributed by atoms with Gasteiger partial charge in [0.1, 0.15) is 5.75 Å². The van der Waals surface area contributed by atoms with Crippen molar-refractivity contribution in [1.82, 2.24) is 4.90 Å². The summed E-state index contributed by atoms with van der Waals surface area (Å²) in [5, 5.41) is 0. The van der Waals surface area contributed by atoms with E-state index in [1.165, 1.54) is 18.2 Å². The van der Waals surface area contributed by atoms with Crippen LogP contribution in [0.15, 0.2) is 24.3 Å². The van der Waals surface area contributed by atoms with Crippen LogP contribution in [0.5, 0.6) is 5.75 Å². The summed E-state index contributed by atoms with van der Waals surface area (Å²) in [6.07, 6.45) is -1.86. The quantitative estimate of drug-likeness (QED) is 0.670. The predicted molar refractivity (Wildman–Crippen MR) is 82.4 cm³/mol. The van der Waals surface area contributed by atoms with Gasteiger partial charge in [0.05, 0.1) is 13.0 Å². The normalized spacial score (nSPS) is 16.1. The Morgan fingerprint density at radius 3 is 2.62 bits per heavy atom. The third-order valence-corrected chi connectivity index (χ3v) is 4.13. The summed E-state index contributed by atoms with van der Waals surface area (Å²) in [5.74, 6) is -0.462. The Morgan fingerprint density at radius 1 is 1.33 bits per heavy atom. The Bertz CT molecular complexity index is 570. The molecule has 7 heteroatoms. The molecule has 0 N–H and O–H groups in total. The van der Waals surface area contributed by atoms with E-state index in [4.69, 9.17) is 4.74 Å². The maximum atomic E-state index is 12.3. The topological polar surface area (TPSA) is 38.8 Å². The van der Waals surface area contributed by atoms with Crippen molar-refractivity contribution < 1.29 is 27.4 Å². The minimum atomic E-state index is -4.70. The van der Waals surface area contributed by atoms with Crippen LogP contribution in [0.25, 0.3) is 0 Å². The summed E-state index contributed by atoms with van der Waals surface area (Å²) in [7, 11) is 1.87. The van der Waals surface area contributed by atoms with Gasteiger partial charge in [-0.05, 0) is 44.0 Å². The molecule has 0 atom stereocenters. The number of nitrogens with zero attached hydrogens (tertiary/aromatic N) is 1. The summed E-state index contributed by atoms with van der Waals surface area (Å²) in [6, 6.07) is 5.91. The van der Waals surface area contributed by atoms with Gasteiger partial charge in [0, 0.05) is 12.1 Å². The zero-order valence-corrected chi connectivity index (χ0v) is 13.9. The van der Waals surface area contributed by atoms with E-state index in [-0.39, 0.29) is 17.3 Å². The molecule has 0 heterocycles. The highest BCUT2D eigenvalue weighted by Gasteiger charge is 2.48. The minimum Gasteiger partial charge on any atom is -0.466 e. The van der Waals surface area contributed by atoms with Gasteiger partial charge in [-0.3, -0.25) is 9.69 Å². The molecule has 1 aliphatic carbocycles. The van der Waals surface area contributed by atoms with Crippen molar-refractivity contribution in [2.24, 2.45) is 0 Å². The van der Waals surface area contributed by atoms with E-state index >= 15 is 0 Å². The first-order chi connectivity index (χ1) is 11.2. The highest BCUT2D eigenvalue weighted by Crippen LogP contribution is 2.45. The summed E-state index contributed by atoms with van der Waals surface area (Å²) in [5.41, 5.74) is 0.457. The van der Waals surface area contributed by atoms with E-state index in [0.29, 0.717) is 25.1 Å². The maximum absolute atomic E-state index is 12.3. The number of halogens is 3. The molecule has 24 heavy (non-hydrogen) atoms. The number of alkyl halides is 3. The van der Waals surface area contributed by atoms with Gasteiger partial charge in [0.25, 0.3) is 0 Å². The average molecular weight is 345 g/mol. The Kier molecular flexibility index (Phi) is 5.74. The fraction of sp³-hybridized carbons (Fsp3) is 0.588. The van der Waals surface area contributed by atoms with Crippen molar-refractivity contribution in [3.05, 3.63) is 29.8 Å². The smallest absolute Gasteiger partial charge is 0.466 e. The molecule has 0 aromatic heterocycles. The molecule has 134 valence electrons. The number of carbonyl (C=O) groups is 1. The number of hydrogen-bond donors (Lipinski definition) is 0. The van der Waals surface area contributed by atoms with E-state index in [9.17, 15) is 18.0 Å². The van der Waals surface area contributed by atoms with Crippen LogP contribution in [-0.2, 0) is 16.1 Å². The third-order valence-electron chi connectivity index (χ3n) is 4.13. The molecule has 0 saturated heterocycles. The van der Waals surface area contributed by atoms with Gasteiger partial charge in [0.15, 0.2) is 0 Å². The van der Waals surface area contributed by atoms with Crippen LogP contribution >= 0.6 is 0 Å². The second kappa shape index (κ2) is 7.42. The minimum absolute atomic E-state index is 0.227. The Balaban J connectivity index is 1.95. The summed E-state index contributed by atoms with van der Waals surface area (Å²) >= 11 is 0. The predicted octanol–water partition coefficient (Wildman–Crippen LogP) is 3.89. The van der Waals surface area contributed by atoms with Crippen LogP contribution in [0.2, 0.25) is 0 Å². The van der Waals surface area contributed by atoms with Crippen LogP contribution in [-0.4, -0.2) is 36.4 Å². The number of carbonyl (C=O) groups excluding carboxylic acids is 1. The van der Waals surface area contributed by atoms with E-state index < -0.39 is 6.36 Å². The molecule has 2 rings (SSSR count). The second-order valence-electron chi connectivity index (χ2n) is 6.17. The van der Waals surface area contributed by atoms with E-state index in [1.54, 1.807) is 6.07 Å². The molecule has 0 radical (unpaired) electrons. The molecule has 1 aromatic carbocycles. The first-order valence-corrected chi connectivity index (χ1v) is 7.96. The third kappa shape index (κ3) is 5.40. The number of benzene rings is 1. The van der Waals surface area contributed by atoms with Crippen LogP contribution in [0.1, 0.15) is 38.2 Å². The van der Waals surface area contributed by atoms with Crippen LogP contribution < -0.4 is 4.74 Å². The summed E-state index contributed by atoms with van der Waals surface area (Å²) in [4.78, 5) is 13.8. The molecule has 0 unspecified atom stereocenters. The number of ether oxygens (including phenoxy) is 2. The largest absolute Gasteiger partial charge is 0.573 e. The van der Waals surface area contributed by atoms with Crippen molar-refractivity contribution in [3.63, 3.8) is 0 Å². The lowest BCUT2D eigenvalue weighted by molar-refractivity contribution is -0.274. The van der Waals surface area contributed by atoms with Crippen molar-refractivity contribution >= 4 is 5.97 Å². The van der Waals surface area contributed by atoms with E-state index in [0.717, 1.165) is 19.3 Å². The lowest BCUT2D eigenvalue weighted by atomic mass is 10.1. The Morgan fingerprint density at radius 2 is 2.04 bits per heavy atom. The SMILES string of the molecule is CCCOC(=O)CC1(N(C)Cc2cccc(OC(F)(F)F)c2)CC1. The van der Waals surface area contributed by atoms with E-state index in [2.05, 4.69) is 4.74 Å². The molecule has 1 saturated carbocycles. The molecule has 4 nitrogen and oxygen atoms in total. The second-order valence-corrected chi connectivity index (χ2v) is 6.17. The average Bonchev–Trinajstić information content (AvgIpc) is 3.24. The lowest BCUT2D eigenvalue weighted by Crippen LogP contribution is -2.35. The lowest BCUT2D eigenvalue weighted by Gasteiger charge is -2.27. The fourth-order valence-corrected chi connectivity index (χ4v) is 2.66. The van der Waals surface area contributed by atoms with Gasteiger partial charge in [-0.1, -0.05) is 19.1 Å². The van der Waals surface area contributed by atoms with Crippen molar-refractivity contribution in [2.75, 3.05) is 13.7 Å². The van der Waals surface area contributed by atoms with Crippen LogP contribution in [0.4, 0.5) is 13.2 Å². The molecule has 1 fully saturated rings. The Hall–Kier alpha value is -1.76.